The summed E-state index contributed by atoms with van der Waals surface area (Å²) in [6.07, 6.45) is 3.32. The number of benzene rings is 1. The second-order valence-electron chi connectivity index (χ2n) is 4.73. The molecular formula is C14H21Cl. The lowest BCUT2D eigenvalue weighted by molar-refractivity contribution is 0.647. The summed E-state index contributed by atoms with van der Waals surface area (Å²) in [5.41, 5.74) is 2.84. The molecule has 0 aromatic heterocycles. The summed E-state index contributed by atoms with van der Waals surface area (Å²) < 4.78 is 0. The van der Waals surface area contributed by atoms with Gasteiger partial charge in [-0.05, 0) is 43.2 Å². The first-order chi connectivity index (χ1) is 7.08. The van der Waals surface area contributed by atoms with Crippen molar-refractivity contribution in [2.75, 3.05) is 0 Å². The highest BCUT2D eigenvalue weighted by atomic mass is 35.5. The molecule has 84 valence electrons. The van der Waals surface area contributed by atoms with Gasteiger partial charge < -0.3 is 0 Å². The van der Waals surface area contributed by atoms with E-state index in [-0.39, 0.29) is 5.38 Å². The second-order valence-corrected chi connectivity index (χ2v) is 5.48. The highest BCUT2D eigenvalue weighted by Gasteiger charge is 2.00. The van der Waals surface area contributed by atoms with E-state index in [1.807, 2.05) is 0 Å². The smallest absolute Gasteiger partial charge is 0.0311 e. The van der Waals surface area contributed by atoms with Crippen LogP contribution in [0.3, 0.4) is 0 Å². The zero-order valence-corrected chi connectivity index (χ0v) is 10.7. The molecule has 1 atom stereocenters. The lowest BCUT2D eigenvalue weighted by Crippen LogP contribution is -1.96. The van der Waals surface area contributed by atoms with Crippen LogP contribution < -0.4 is 0 Å². The number of halogens is 1. The number of alkyl halides is 1. The molecule has 1 unspecified atom stereocenters. The van der Waals surface area contributed by atoms with Gasteiger partial charge in [-0.1, -0.05) is 38.1 Å². The van der Waals surface area contributed by atoms with Gasteiger partial charge in [-0.2, -0.15) is 0 Å². The van der Waals surface area contributed by atoms with Gasteiger partial charge in [0.05, 0.1) is 0 Å². The number of hydrogen-bond acceptors (Lipinski definition) is 0. The Balaban J connectivity index is 2.49. The van der Waals surface area contributed by atoms with Crippen LogP contribution in [0, 0.1) is 5.92 Å². The Hall–Kier alpha value is -0.490. The van der Waals surface area contributed by atoms with Gasteiger partial charge in [0.2, 0.25) is 0 Å². The van der Waals surface area contributed by atoms with Gasteiger partial charge in [-0.3, -0.25) is 0 Å². The van der Waals surface area contributed by atoms with Gasteiger partial charge >= 0.3 is 0 Å². The molecule has 1 aromatic rings. The summed E-state index contributed by atoms with van der Waals surface area (Å²) >= 11 is 5.93. The van der Waals surface area contributed by atoms with Crippen LogP contribution >= 0.6 is 11.6 Å². The van der Waals surface area contributed by atoms with Crippen molar-refractivity contribution in [2.45, 2.75) is 45.4 Å². The summed E-state index contributed by atoms with van der Waals surface area (Å²) in [4.78, 5) is 0. The van der Waals surface area contributed by atoms with Crippen molar-refractivity contribution in [1.82, 2.24) is 0 Å². The number of hydrogen-bond donors (Lipinski definition) is 0. The van der Waals surface area contributed by atoms with Crippen LogP contribution in [0.4, 0.5) is 0 Å². The predicted molar refractivity (Wildman–Crippen MR) is 68.6 cm³/mol. The molecule has 0 spiro atoms. The molecule has 0 aliphatic carbocycles. The molecule has 0 bridgehead atoms. The SMILES string of the molecule is CC(C)Cc1ccc(CCC(C)Cl)cc1. The summed E-state index contributed by atoms with van der Waals surface area (Å²) in [7, 11) is 0. The minimum absolute atomic E-state index is 0.278. The van der Waals surface area contributed by atoms with Crippen molar-refractivity contribution in [3.05, 3.63) is 35.4 Å². The van der Waals surface area contributed by atoms with E-state index < -0.39 is 0 Å². The molecule has 0 nitrogen and oxygen atoms in total. The van der Waals surface area contributed by atoms with Crippen molar-refractivity contribution in [1.29, 1.82) is 0 Å². The van der Waals surface area contributed by atoms with E-state index >= 15 is 0 Å². The van der Waals surface area contributed by atoms with E-state index in [2.05, 4.69) is 45.0 Å². The summed E-state index contributed by atoms with van der Waals surface area (Å²) in [6, 6.07) is 8.95. The molecule has 0 N–H and O–H groups in total. The van der Waals surface area contributed by atoms with E-state index in [0.717, 1.165) is 18.8 Å². The fourth-order valence-corrected chi connectivity index (χ4v) is 1.79. The molecule has 15 heavy (non-hydrogen) atoms. The van der Waals surface area contributed by atoms with Gasteiger partial charge in [0.25, 0.3) is 0 Å². The number of aryl methyl sites for hydroxylation is 1. The largest absolute Gasteiger partial charge is 0.123 e. The maximum Gasteiger partial charge on any atom is 0.0311 e. The molecule has 1 heteroatoms. The lowest BCUT2D eigenvalue weighted by Gasteiger charge is -2.07. The summed E-state index contributed by atoms with van der Waals surface area (Å²) in [6.45, 7) is 6.56. The highest BCUT2D eigenvalue weighted by Crippen LogP contribution is 2.12. The molecule has 0 heterocycles. The molecule has 0 radical (unpaired) electrons. The highest BCUT2D eigenvalue weighted by molar-refractivity contribution is 6.20. The summed E-state index contributed by atoms with van der Waals surface area (Å²) in [5, 5.41) is 0.278. The Kier molecular flexibility index (Phi) is 5.17. The fourth-order valence-electron chi connectivity index (χ4n) is 1.68. The average Bonchev–Trinajstić information content (AvgIpc) is 2.16. The normalized spacial score (nSPS) is 13.1. The van der Waals surface area contributed by atoms with Crippen LogP contribution in [0.1, 0.15) is 38.3 Å². The second kappa shape index (κ2) is 6.17. The van der Waals surface area contributed by atoms with Gasteiger partial charge in [0.15, 0.2) is 0 Å². The third-order valence-corrected chi connectivity index (χ3v) is 2.72. The average molecular weight is 225 g/mol. The molecule has 1 aromatic carbocycles. The monoisotopic (exact) mass is 224 g/mol. The van der Waals surface area contributed by atoms with E-state index in [1.54, 1.807) is 0 Å². The van der Waals surface area contributed by atoms with Crippen LogP contribution in [-0.2, 0) is 12.8 Å². The minimum Gasteiger partial charge on any atom is -0.123 e. The van der Waals surface area contributed by atoms with Crippen molar-refractivity contribution in [3.63, 3.8) is 0 Å². The molecule has 0 amide bonds. The maximum absolute atomic E-state index is 5.93. The zero-order chi connectivity index (χ0) is 11.3. The number of rotatable bonds is 5. The van der Waals surface area contributed by atoms with Crippen LogP contribution in [0.15, 0.2) is 24.3 Å². The van der Waals surface area contributed by atoms with Crippen molar-refractivity contribution in [3.8, 4) is 0 Å². The summed E-state index contributed by atoms with van der Waals surface area (Å²) in [5.74, 6) is 0.735. The van der Waals surface area contributed by atoms with Gasteiger partial charge in [0.1, 0.15) is 0 Å². The molecule has 0 saturated heterocycles. The molecule has 0 aliphatic rings. The fraction of sp³-hybridized carbons (Fsp3) is 0.571. The first-order valence-electron chi connectivity index (χ1n) is 5.80. The Labute approximate surface area is 98.7 Å². The minimum atomic E-state index is 0.278. The molecular weight excluding hydrogens is 204 g/mol. The van der Waals surface area contributed by atoms with Crippen LogP contribution in [-0.4, -0.2) is 5.38 Å². The van der Waals surface area contributed by atoms with E-state index in [4.69, 9.17) is 11.6 Å². The lowest BCUT2D eigenvalue weighted by atomic mass is 10.0. The molecule has 0 aliphatic heterocycles. The Morgan fingerprint density at radius 2 is 1.53 bits per heavy atom. The molecule has 0 saturated carbocycles. The third-order valence-electron chi connectivity index (χ3n) is 2.50. The van der Waals surface area contributed by atoms with Crippen LogP contribution in [0.25, 0.3) is 0 Å². The van der Waals surface area contributed by atoms with E-state index in [1.165, 1.54) is 17.5 Å². The predicted octanol–water partition coefficient (Wildman–Crippen LogP) is 4.45. The Bertz CT molecular complexity index is 272. The standard InChI is InChI=1S/C14H21Cl/c1-11(2)10-14-8-6-13(7-9-14)5-4-12(3)15/h6-9,11-12H,4-5,10H2,1-3H3. The third kappa shape index (κ3) is 5.22. The maximum atomic E-state index is 5.93. The Morgan fingerprint density at radius 3 is 2.00 bits per heavy atom. The van der Waals surface area contributed by atoms with Crippen LogP contribution in [0.2, 0.25) is 0 Å². The van der Waals surface area contributed by atoms with Crippen molar-refractivity contribution < 1.29 is 0 Å². The first kappa shape index (κ1) is 12.6. The van der Waals surface area contributed by atoms with E-state index in [0.29, 0.717) is 0 Å². The van der Waals surface area contributed by atoms with E-state index in [9.17, 15) is 0 Å². The quantitative estimate of drug-likeness (QED) is 0.649. The molecule has 1 rings (SSSR count). The first-order valence-corrected chi connectivity index (χ1v) is 6.23. The van der Waals surface area contributed by atoms with Crippen molar-refractivity contribution >= 4 is 11.6 Å². The Morgan fingerprint density at radius 1 is 1.00 bits per heavy atom. The molecule has 0 fully saturated rings. The van der Waals surface area contributed by atoms with Gasteiger partial charge in [-0.25, -0.2) is 0 Å². The topological polar surface area (TPSA) is 0 Å². The van der Waals surface area contributed by atoms with Crippen LogP contribution in [0.5, 0.6) is 0 Å². The van der Waals surface area contributed by atoms with Crippen molar-refractivity contribution in [2.24, 2.45) is 5.92 Å². The zero-order valence-electron chi connectivity index (χ0n) is 9.96. The van der Waals surface area contributed by atoms with Gasteiger partial charge in [-0.15, -0.1) is 11.6 Å². The van der Waals surface area contributed by atoms with Gasteiger partial charge in [0, 0.05) is 5.38 Å².